The number of H-pyrrole nitrogens is 1. The minimum Gasteiger partial charge on any atom is -0.389 e. The maximum Gasteiger partial charge on any atom is 0.227 e. The third kappa shape index (κ3) is 5.18. The first kappa shape index (κ1) is 21.4. The van der Waals surface area contributed by atoms with Crippen LogP contribution in [0.4, 0.5) is 0 Å². The highest BCUT2D eigenvalue weighted by Gasteiger charge is 2.32. The van der Waals surface area contributed by atoms with Crippen LogP contribution in [-0.4, -0.2) is 63.5 Å². The van der Waals surface area contributed by atoms with E-state index < -0.39 is 5.60 Å². The minimum atomic E-state index is -0.900. The lowest BCUT2D eigenvalue weighted by Crippen LogP contribution is -2.52. The lowest BCUT2D eigenvalue weighted by molar-refractivity contribution is -0.143. The molecule has 1 aromatic carbocycles. The first-order valence-corrected chi connectivity index (χ1v) is 10.8. The number of nitrogens with one attached hydrogen (secondary N) is 1. The molecular formula is C23H33N3O3. The van der Waals surface area contributed by atoms with E-state index >= 15 is 0 Å². The summed E-state index contributed by atoms with van der Waals surface area (Å²) in [6.07, 6.45) is 5.47. The molecule has 2 amide bonds. The quantitative estimate of drug-likeness (QED) is 0.716. The summed E-state index contributed by atoms with van der Waals surface area (Å²) in [6.45, 7) is 6.23. The molecule has 2 heterocycles. The van der Waals surface area contributed by atoms with Gasteiger partial charge >= 0.3 is 0 Å². The Morgan fingerprint density at radius 2 is 1.59 bits per heavy atom. The van der Waals surface area contributed by atoms with Crippen molar-refractivity contribution in [3.63, 3.8) is 0 Å². The Balaban J connectivity index is 1.53. The van der Waals surface area contributed by atoms with E-state index in [1.54, 1.807) is 4.90 Å². The van der Waals surface area contributed by atoms with Crippen molar-refractivity contribution in [1.29, 1.82) is 0 Å². The van der Waals surface area contributed by atoms with Gasteiger partial charge in [-0.15, -0.1) is 0 Å². The predicted octanol–water partition coefficient (Wildman–Crippen LogP) is 3.10. The molecule has 29 heavy (non-hydrogen) atoms. The molecule has 1 aliphatic rings. The fourth-order valence-corrected chi connectivity index (χ4v) is 4.38. The van der Waals surface area contributed by atoms with Gasteiger partial charge in [0.1, 0.15) is 0 Å². The molecule has 0 saturated carbocycles. The van der Waals surface area contributed by atoms with E-state index in [9.17, 15) is 14.7 Å². The van der Waals surface area contributed by atoms with Crippen LogP contribution in [0.15, 0.2) is 30.5 Å². The molecule has 2 aromatic rings. The fourth-order valence-electron chi connectivity index (χ4n) is 4.38. The first-order valence-electron chi connectivity index (χ1n) is 10.8. The van der Waals surface area contributed by atoms with E-state index in [4.69, 9.17) is 0 Å². The average Bonchev–Trinajstić information content (AvgIpc) is 3.11. The molecule has 158 valence electrons. The molecule has 3 rings (SSSR count). The van der Waals surface area contributed by atoms with Crippen LogP contribution in [-0.2, 0) is 16.0 Å². The van der Waals surface area contributed by atoms with E-state index in [0.717, 1.165) is 29.3 Å². The fraction of sp³-hybridized carbons (Fsp3) is 0.565. The molecule has 0 aliphatic carbocycles. The molecule has 0 atom stereocenters. The molecule has 0 spiro atoms. The van der Waals surface area contributed by atoms with E-state index in [-0.39, 0.29) is 18.2 Å². The van der Waals surface area contributed by atoms with Crippen molar-refractivity contribution < 1.29 is 14.7 Å². The van der Waals surface area contributed by atoms with Crippen molar-refractivity contribution in [3.8, 4) is 0 Å². The number of benzene rings is 1. The summed E-state index contributed by atoms with van der Waals surface area (Å²) >= 11 is 0. The standard InChI is InChI=1S/C23H33N3O3/c1-3-9-23(29,10-4-2)16-22(28)26-13-11-25(12-14-26)21(27)15-18-17-24-20-8-6-5-7-19(18)20/h5-8,17,24,29H,3-4,9-16H2,1-2H3. The lowest BCUT2D eigenvalue weighted by Gasteiger charge is -2.37. The molecule has 0 unspecified atom stereocenters. The summed E-state index contributed by atoms with van der Waals surface area (Å²) in [5, 5.41) is 11.9. The predicted molar refractivity (Wildman–Crippen MR) is 115 cm³/mol. The third-order valence-corrected chi connectivity index (χ3v) is 5.91. The van der Waals surface area contributed by atoms with Gasteiger partial charge in [0, 0.05) is 43.3 Å². The van der Waals surface area contributed by atoms with E-state index in [0.29, 0.717) is 45.4 Å². The molecule has 6 nitrogen and oxygen atoms in total. The number of piperazine rings is 1. The molecule has 6 heteroatoms. The van der Waals surface area contributed by atoms with Gasteiger partial charge < -0.3 is 19.9 Å². The van der Waals surface area contributed by atoms with Crippen LogP contribution >= 0.6 is 0 Å². The maximum atomic E-state index is 12.8. The van der Waals surface area contributed by atoms with Crippen molar-refractivity contribution in [3.05, 3.63) is 36.0 Å². The molecule has 2 N–H and O–H groups in total. The number of rotatable bonds is 8. The summed E-state index contributed by atoms with van der Waals surface area (Å²) in [6, 6.07) is 7.99. The number of carbonyl (C=O) groups excluding carboxylic acids is 2. The van der Waals surface area contributed by atoms with Crippen molar-refractivity contribution in [2.75, 3.05) is 26.2 Å². The van der Waals surface area contributed by atoms with Crippen LogP contribution in [0.5, 0.6) is 0 Å². The van der Waals surface area contributed by atoms with Crippen LogP contribution in [0, 0.1) is 0 Å². The Hall–Kier alpha value is -2.34. The minimum absolute atomic E-state index is 0.00173. The Morgan fingerprint density at radius 1 is 1.00 bits per heavy atom. The topological polar surface area (TPSA) is 76.6 Å². The second-order valence-electron chi connectivity index (χ2n) is 8.20. The molecule has 1 saturated heterocycles. The molecule has 1 fully saturated rings. The second kappa shape index (κ2) is 9.44. The lowest BCUT2D eigenvalue weighted by atomic mass is 9.88. The normalized spacial score (nSPS) is 15.1. The van der Waals surface area contributed by atoms with Crippen LogP contribution < -0.4 is 0 Å². The van der Waals surface area contributed by atoms with Gasteiger partial charge in [-0.25, -0.2) is 0 Å². The highest BCUT2D eigenvalue weighted by molar-refractivity contribution is 5.89. The monoisotopic (exact) mass is 399 g/mol. The Labute approximate surface area is 172 Å². The number of aromatic nitrogens is 1. The van der Waals surface area contributed by atoms with E-state index in [1.165, 1.54) is 0 Å². The van der Waals surface area contributed by atoms with Crippen molar-refractivity contribution >= 4 is 22.7 Å². The SMILES string of the molecule is CCCC(O)(CCC)CC(=O)N1CCN(C(=O)Cc2c[nH]c3ccccc23)CC1. The van der Waals surface area contributed by atoms with Gasteiger partial charge in [-0.1, -0.05) is 44.9 Å². The van der Waals surface area contributed by atoms with E-state index in [1.807, 2.05) is 49.2 Å². The van der Waals surface area contributed by atoms with Crippen LogP contribution in [0.3, 0.4) is 0 Å². The van der Waals surface area contributed by atoms with Gasteiger partial charge in [0.15, 0.2) is 0 Å². The number of hydrogen-bond acceptors (Lipinski definition) is 3. The van der Waals surface area contributed by atoms with Crippen LogP contribution in [0.2, 0.25) is 0 Å². The van der Waals surface area contributed by atoms with Crippen molar-refractivity contribution in [2.45, 2.75) is 58.0 Å². The first-order chi connectivity index (χ1) is 14.0. The van der Waals surface area contributed by atoms with Gasteiger partial charge in [-0.2, -0.15) is 0 Å². The van der Waals surface area contributed by atoms with Crippen molar-refractivity contribution in [2.24, 2.45) is 0 Å². The summed E-state index contributed by atoms with van der Waals surface area (Å²) < 4.78 is 0. The maximum absolute atomic E-state index is 12.8. The van der Waals surface area contributed by atoms with Gasteiger partial charge in [0.25, 0.3) is 0 Å². The number of aromatic amines is 1. The Kier molecular flexibility index (Phi) is 6.96. The molecule has 1 aliphatic heterocycles. The summed E-state index contributed by atoms with van der Waals surface area (Å²) in [5.41, 5.74) is 1.15. The van der Waals surface area contributed by atoms with E-state index in [2.05, 4.69) is 4.98 Å². The van der Waals surface area contributed by atoms with Gasteiger partial charge in [0.05, 0.1) is 18.4 Å². The zero-order valence-electron chi connectivity index (χ0n) is 17.6. The summed E-state index contributed by atoms with van der Waals surface area (Å²) in [7, 11) is 0. The highest BCUT2D eigenvalue weighted by Crippen LogP contribution is 2.25. The molecule has 1 aromatic heterocycles. The number of para-hydroxylation sites is 1. The third-order valence-electron chi connectivity index (χ3n) is 5.91. The number of amides is 2. The Bertz CT molecular complexity index is 831. The van der Waals surface area contributed by atoms with Gasteiger partial charge in [-0.05, 0) is 24.5 Å². The smallest absolute Gasteiger partial charge is 0.227 e. The number of aliphatic hydroxyl groups is 1. The average molecular weight is 400 g/mol. The number of hydrogen-bond donors (Lipinski definition) is 2. The molecule has 0 bridgehead atoms. The number of fused-ring (bicyclic) bond motifs is 1. The zero-order chi connectivity index (χ0) is 20.9. The van der Waals surface area contributed by atoms with Crippen LogP contribution in [0.1, 0.15) is 51.5 Å². The Morgan fingerprint density at radius 3 is 2.21 bits per heavy atom. The highest BCUT2D eigenvalue weighted by atomic mass is 16.3. The molecular weight excluding hydrogens is 366 g/mol. The summed E-state index contributed by atoms with van der Waals surface area (Å²) in [5.74, 6) is 0.0912. The van der Waals surface area contributed by atoms with Gasteiger partial charge in [0.2, 0.25) is 11.8 Å². The molecule has 0 radical (unpaired) electrons. The number of carbonyl (C=O) groups is 2. The van der Waals surface area contributed by atoms with Crippen LogP contribution in [0.25, 0.3) is 10.9 Å². The zero-order valence-corrected chi connectivity index (χ0v) is 17.6. The largest absolute Gasteiger partial charge is 0.389 e. The second-order valence-corrected chi connectivity index (χ2v) is 8.20. The number of nitrogens with zero attached hydrogens (tertiary/aromatic N) is 2. The van der Waals surface area contributed by atoms with Crippen molar-refractivity contribution in [1.82, 2.24) is 14.8 Å². The van der Waals surface area contributed by atoms with Gasteiger partial charge in [-0.3, -0.25) is 9.59 Å². The summed E-state index contributed by atoms with van der Waals surface area (Å²) in [4.78, 5) is 32.3.